The van der Waals surface area contributed by atoms with Gasteiger partial charge in [0.25, 0.3) is 0 Å². The third kappa shape index (κ3) is 4.47. The van der Waals surface area contributed by atoms with Crippen LogP contribution in [0.1, 0.15) is 18.4 Å². The number of amides is 1. The number of aromatic nitrogens is 2. The molecule has 1 amide bonds. The van der Waals surface area contributed by atoms with Crippen molar-refractivity contribution < 1.29 is 9.18 Å². The van der Waals surface area contributed by atoms with E-state index in [1.54, 1.807) is 24.5 Å². The van der Waals surface area contributed by atoms with E-state index in [1.165, 1.54) is 6.07 Å². The first-order valence-electron chi connectivity index (χ1n) is 8.80. The fraction of sp³-hybridized carbons (Fsp3) is 0.421. The van der Waals surface area contributed by atoms with Gasteiger partial charge in [-0.3, -0.25) is 4.79 Å². The molecule has 1 unspecified atom stereocenters. The maximum absolute atomic E-state index is 13.7. The molecule has 2 aromatic rings. The zero-order valence-corrected chi connectivity index (χ0v) is 15.2. The number of benzene rings is 1. The molecule has 1 aromatic carbocycles. The molecule has 0 aliphatic carbocycles. The third-order valence-corrected chi connectivity index (χ3v) is 4.52. The summed E-state index contributed by atoms with van der Waals surface area (Å²) < 4.78 is 13.7. The van der Waals surface area contributed by atoms with E-state index >= 15 is 0 Å². The van der Waals surface area contributed by atoms with Gasteiger partial charge in [0.1, 0.15) is 23.8 Å². The maximum Gasteiger partial charge on any atom is 0.224 e. The lowest BCUT2D eigenvalue weighted by atomic mass is 10.0. The minimum atomic E-state index is -0.342. The minimum absolute atomic E-state index is 0.0285. The Balaban J connectivity index is 1.61. The lowest BCUT2D eigenvalue weighted by molar-refractivity contribution is -0.121. The number of nitrogens with zero attached hydrogens (tertiary/aromatic N) is 4. The Bertz CT molecular complexity index is 767. The smallest absolute Gasteiger partial charge is 0.224 e. The molecule has 1 aliphatic heterocycles. The fourth-order valence-corrected chi connectivity index (χ4v) is 3.15. The average molecular weight is 357 g/mol. The molecule has 0 spiro atoms. The molecule has 0 saturated carbocycles. The van der Waals surface area contributed by atoms with E-state index in [0.29, 0.717) is 12.1 Å². The highest BCUT2D eigenvalue weighted by Crippen LogP contribution is 2.20. The van der Waals surface area contributed by atoms with Crippen LogP contribution in [-0.4, -0.2) is 49.1 Å². The topological polar surface area (TPSA) is 61.4 Å². The molecule has 0 radical (unpaired) electrons. The second kappa shape index (κ2) is 8.12. The van der Waals surface area contributed by atoms with Crippen LogP contribution >= 0.6 is 0 Å². The number of carbonyl (C=O) groups is 1. The van der Waals surface area contributed by atoms with Crippen LogP contribution in [0.2, 0.25) is 0 Å². The quantitative estimate of drug-likeness (QED) is 0.887. The molecule has 6 nitrogen and oxygen atoms in total. The summed E-state index contributed by atoms with van der Waals surface area (Å²) in [4.78, 5) is 25.0. The van der Waals surface area contributed by atoms with Crippen molar-refractivity contribution in [1.29, 1.82) is 0 Å². The molecule has 1 atom stereocenters. The number of hydrogen-bond acceptors (Lipinski definition) is 5. The zero-order chi connectivity index (χ0) is 18.5. The third-order valence-electron chi connectivity index (χ3n) is 4.52. The summed E-state index contributed by atoms with van der Waals surface area (Å²) in [5.74, 6) is 1.21. The van der Waals surface area contributed by atoms with E-state index in [-0.39, 0.29) is 24.2 Å². The van der Waals surface area contributed by atoms with Gasteiger partial charge in [-0.1, -0.05) is 18.2 Å². The molecule has 0 bridgehead atoms. The van der Waals surface area contributed by atoms with Crippen molar-refractivity contribution in [2.75, 3.05) is 37.0 Å². The van der Waals surface area contributed by atoms with Crippen LogP contribution in [-0.2, 0) is 11.2 Å². The van der Waals surface area contributed by atoms with E-state index in [4.69, 9.17) is 0 Å². The Labute approximate surface area is 153 Å². The molecular formula is C19H24FN5O. The summed E-state index contributed by atoms with van der Waals surface area (Å²) in [6.45, 7) is 1.58. The Kier molecular flexibility index (Phi) is 5.65. The number of carbonyl (C=O) groups excluding carboxylic acids is 1. The normalized spacial score (nSPS) is 17.0. The first kappa shape index (κ1) is 18.1. The van der Waals surface area contributed by atoms with Crippen molar-refractivity contribution in [3.8, 4) is 0 Å². The lowest BCUT2D eigenvalue weighted by Crippen LogP contribution is -2.48. The number of nitrogens with one attached hydrogen (secondary N) is 1. The summed E-state index contributed by atoms with van der Waals surface area (Å²) in [6.07, 6.45) is 3.49. The van der Waals surface area contributed by atoms with Crippen molar-refractivity contribution in [1.82, 2.24) is 15.3 Å². The van der Waals surface area contributed by atoms with Crippen molar-refractivity contribution in [2.45, 2.75) is 25.3 Å². The summed E-state index contributed by atoms with van der Waals surface area (Å²) in [5, 5.41) is 3.03. The van der Waals surface area contributed by atoms with Gasteiger partial charge in [-0.05, 0) is 24.5 Å². The zero-order valence-electron chi connectivity index (χ0n) is 15.2. The van der Waals surface area contributed by atoms with Crippen molar-refractivity contribution >= 4 is 17.5 Å². The number of hydrogen-bond donors (Lipinski definition) is 1. The van der Waals surface area contributed by atoms with Gasteiger partial charge in [-0.25, -0.2) is 14.4 Å². The molecule has 1 aromatic heterocycles. The molecule has 1 saturated heterocycles. The molecular weight excluding hydrogens is 333 g/mol. The second-order valence-corrected chi connectivity index (χ2v) is 6.75. The van der Waals surface area contributed by atoms with E-state index in [0.717, 1.165) is 31.0 Å². The Morgan fingerprint density at radius 3 is 2.92 bits per heavy atom. The molecule has 7 heteroatoms. The van der Waals surface area contributed by atoms with E-state index in [2.05, 4.69) is 20.2 Å². The van der Waals surface area contributed by atoms with Gasteiger partial charge >= 0.3 is 0 Å². The lowest BCUT2D eigenvalue weighted by Gasteiger charge is -2.34. The monoisotopic (exact) mass is 357 g/mol. The SMILES string of the molecule is CN(C)c1cc(N2CCCC(NC(=O)Cc3ccccc3F)C2)ncn1. The van der Waals surface area contributed by atoms with Crippen molar-refractivity contribution in [3.05, 3.63) is 48.0 Å². The van der Waals surface area contributed by atoms with E-state index in [9.17, 15) is 9.18 Å². The molecule has 1 N–H and O–H groups in total. The predicted octanol–water partition coefficient (Wildman–Crippen LogP) is 2.01. The molecule has 1 aliphatic rings. The summed E-state index contributed by atoms with van der Waals surface area (Å²) in [6, 6.07) is 8.36. The van der Waals surface area contributed by atoms with Gasteiger partial charge in [0.2, 0.25) is 5.91 Å². The molecule has 1 fully saturated rings. The van der Waals surface area contributed by atoms with Crippen LogP contribution in [0, 0.1) is 5.82 Å². The summed E-state index contributed by atoms with van der Waals surface area (Å²) >= 11 is 0. The highest BCUT2D eigenvalue weighted by atomic mass is 19.1. The fourth-order valence-electron chi connectivity index (χ4n) is 3.15. The first-order chi connectivity index (χ1) is 12.5. The van der Waals surface area contributed by atoms with Gasteiger partial charge in [0.05, 0.1) is 6.42 Å². The number of rotatable bonds is 5. The Hall–Kier alpha value is -2.70. The highest BCUT2D eigenvalue weighted by Gasteiger charge is 2.23. The molecule has 26 heavy (non-hydrogen) atoms. The van der Waals surface area contributed by atoms with Crippen LogP contribution in [0.5, 0.6) is 0 Å². The van der Waals surface area contributed by atoms with Crippen LogP contribution in [0.3, 0.4) is 0 Å². The average Bonchev–Trinajstić information content (AvgIpc) is 2.64. The van der Waals surface area contributed by atoms with Crippen LogP contribution in [0.25, 0.3) is 0 Å². The van der Waals surface area contributed by atoms with Gasteiger partial charge in [0.15, 0.2) is 0 Å². The van der Waals surface area contributed by atoms with Crippen LogP contribution in [0.4, 0.5) is 16.0 Å². The Morgan fingerprint density at radius 2 is 2.15 bits per heavy atom. The maximum atomic E-state index is 13.7. The van der Waals surface area contributed by atoms with E-state index < -0.39 is 0 Å². The first-order valence-corrected chi connectivity index (χ1v) is 8.80. The predicted molar refractivity (Wildman–Crippen MR) is 99.8 cm³/mol. The number of piperidine rings is 1. The van der Waals surface area contributed by atoms with Gasteiger partial charge in [-0.2, -0.15) is 0 Å². The van der Waals surface area contributed by atoms with Crippen LogP contribution in [0.15, 0.2) is 36.7 Å². The standard InChI is InChI=1S/C19H24FN5O/c1-24(2)17-11-18(22-13-21-17)25-9-5-7-15(12-25)23-19(26)10-14-6-3-4-8-16(14)20/h3-4,6,8,11,13,15H,5,7,9-10,12H2,1-2H3,(H,23,26). The summed E-state index contributed by atoms with van der Waals surface area (Å²) in [5.41, 5.74) is 0.420. The van der Waals surface area contributed by atoms with Crippen LogP contribution < -0.4 is 15.1 Å². The largest absolute Gasteiger partial charge is 0.363 e. The van der Waals surface area contributed by atoms with Gasteiger partial charge < -0.3 is 15.1 Å². The van der Waals surface area contributed by atoms with Gasteiger partial charge in [-0.15, -0.1) is 0 Å². The molecule has 138 valence electrons. The Morgan fingerprint density at radius 1 is 1.35 bits per heavy atom. The number of anilines is 2. The summed E-state index contributed by atoms with van der Waals surface area (Å²) in [7, 11) is 3.88. The molecule has 2 heterocycles. The minimum Gasteiger partial charge on any atom is -0.363 e. The van der Waals surface area contributed by atoms with Crippen molar-refractivity contribution in [3.63, 3.8) is 0 Å². The van der Waals surface area contributed by atoms with E-state index in [1.807, 2.05) is 25.1 Å². The molecule has 3 rings (SSSR count). The second-order valence-electron chi connectivity index (χ2n) is 6.75. The highest BCUT2D eigenvalue weighted by molar-refractivity contribution is 5.79. The van der Waals surface area contributed by atoms with Crippen molar-refractivity contribution in [2.24, 2.45) is 0 Å². The number of halogens is 1. The van der Waals surface area contributed by atoms with Gasteiger partial charge in [0, 0.05) is 39.3 Å².